The van der Waals surface area contributed by atoms with Crippen LogP contribution in [0.15, 0.2) is 4.99 Å². The van der Waals surface area contributed by atoms with Crippen LogP contribution in [0.2, 0.25) is 0 Å². The molecule has 0 aromatic heterocycles. The van der Waals surface area contributed by atoms with Crippen LogP contribution in [0.3, 0.4) is 0 Å². The normalized spacial score (nSPS) is 14.0. The largest absolute Gasteiger partial charge is 0.355 e. The van der Waals surface area contributed by atoms with Gasteiger partial charge in [0, 0.05) is 31.7 Å². The van der Waals surface area contributed by atoms with Gasteiger partial charge in [-0.25, -0.2) is 0 Å². The number of rotatable bonds is 7. The van der Waals surface area contributed by atoms with Gasteiger partial charge in [-0.15, -0.1) is 0 Å². The first-order valence-electron chi connectivity index (χ1n) is 7.65. The second-order valence-electron chi connectivity index (χ2n) is 6.39. The number of carbonyl (C=O) groups excluding carboxylic acids is 1. The number of nitrogens with zero attached hydrogens (tertiary/aromatic N) is 2. The molecule has 0 heterocycles. The van der Waals surface area contributed by atoms with Gasteiger partial charge in [0.2, 0.25) is 5.91 Å². The van der Waals surface area contributed by atoms with Crippen molar-refractivity contribution >= 4 is 11.9 Å². The van der Waals surface area contributed by atoms with Gasteiger partial charge >= 0.3 is 0 Å². The molecule has 0 aliphatic heterocycles. The highest BCUT2D eigenvalue weighted by molar-refractivity contribution is 5.86. The van der Waals surface area contributed by atoms with Crippen LogP contribution in [-0.4, -0.2) is 62.1 Å². The number of likely N-dealkylation sites (N-methyl/N-ethyl adjacent to an activating group) is 1. The van der Waals surface area contributed by atoms with Gasteiger partial charge in [0.25, 0.3) is 0 Å². The lowest BCUT2D eigenvalue weighted by Crippen LogP contribution is -2.49. The maximum Gasteiger partial charge on any atom is 0.239 e. The molecule has 0 rings (SSSR count). The van der Waals surface area contributed by atoms with Gasteiger partial charge in [-0.3, -0.25) is 9.79 Å². The topological polar surface area (TPSA) is 68.8 Å². The summed E-state index contributed by atoms with van der Waals surface area (Å²) in [6.45, 7) is 12.2. The van der Waals surface area contributed by atoms with Crippen LogP contribution in [0.5, 0.6) is 0 Å². The zero-order valence-corrected chi connectivity index (χ0v) is 14.7. The molecule has 1 amide bonds. The predicted molar refractivity (Wildman–Crippen MR) is 89.6 cm³/mol. The second-order valence-corrected chi connectivity index (χ2v) is 6.39. The number of carbonyl (C=O) groups is 1. The van der Waals surface area contributed by atoms with Gasteiger partial charge in [-0.05, 0) is 41.2 Å². The third-order valence-electron chi connectivity index (χ3n) is 3.25. The van der Waals surface area contributed by atoms with Crippen LogP contribution >= 0.6 is 0 Å². The van der Waals surface area contributed by atoms with Crippen molar-refractivity contribution in [3.63, 3.8) is 0 Å². The molecule has 0 bridgehead atoms. The zero-order valence-electron chi connectivity index (χ0n) is 14.7. The summed E-state index contributed by atoms with van der Waals surface area (Å²) in [6.07, 6.45) is 1.14. The Bertz CT molecular complexity index is 335. The number of aliphatic imine (C=N–C) groups is 1. The van der Waals surface area contributed by atoms with E-state index in [1.807, 2.05) is 20.8 Å². The Morgan fingerprint density at radius 1 is 1.29 bits per heavy atom. The summed E-state index contributed by atoms with van der Waals surface area (Å²) in [6, 6.07) is 0.569. The molecule has 0 saturated carbocycles. The van der Waals surface area contributed by atoms with Crippen molar-refractivity contribution in [2.45, 2.75) is 52.6 Å². The lowest BCUT2D eigenvalue weighted by Gasteiger charge is -2.24. The molecule has 3 N–H and O–H groups in total. The minimum absolute atomic E-state index is 0.0397. The summed E-state index contributed by atoms with van der Waals surface area (Å²) in [4.78, 5) is 18.1. The molecular formula is C15H33N5O. The van der Waals surface area contributed by atoms with Crippen molar-refractivity contribution in [2.75, 3.05) is 33.7 Å². The minimum atomic E-state index is -0.214. The molecular weight excluding hydrogens is 266 g/mol. The maximum absolute atomic E-state index is 11.7. The Morgan fingerprint density at radius 2 is 1.90 bits per heavy atom. The van der Waals surface area contributed by atoms with Gasteiger partial charge < -0.3 is 20.9 Å². The fourth-order valence-electron chi connectivity index (χ4n) is 1.73. The Morgan fingerprint density at radius 3 is 2.38 bits per heavy atom. The van der Waals surface area contributed by atoms with Crippen LogP contribution in [0.1, 0.15) is 41.0 Å². The van der Waals surface area contributed by atoms with Crippen LogP contribution in [0.25, 0.3) is 0 Å². The van der Waals surface area contributed by atoms with Crippen molar-refractivity contribution in [1.29, 1.82) is 0 Å². The van der Waals surface area contributed by atoms with Crippen LogP contribution in [-0.2, 0) is 4.79 Å². The first-order valence-corrected chi connectivity index (χ1v) is 7.65. The fraction of sp³-hybridized carbons (Fsp3) is 0.867. The molecule has 1 atom stereocenters. The third-order valence-corrected chi connectivity index (χ3v) is 3.25. The van der Waals surface area contributed by atoms with E-state index in [0.29, 0.717) is 12.0 Å². The molecule has 1 unspecified atom stereocenters. The Kier molecular flexibility index (Phi) is 9.01. The van der Waals surface area contributed by atoms with Crippen molar-refractivity contribution in [1.82, 2.24) is 20.9 Å². The number of amides is 1. The van der Waals surface area contributed by atoms with E-state index in [0.717, 1.165) is 19.5 Å². The summed E-state index contributed by atoms with van der Waals surface area (Å²) < 4.78 is 0. The molecule has 0 aromatic carbocycles. The summed E-state index contributed by atoms with van der Waals surface area (Å²) in [7, 11) is 3.82. The summed E-state index contributed by atoms with van der Waals surface area (Å²) in [5, 5.41) is 9.13. The number of hydrogen-bond acceptors (Lipinski definition) is 3. The summed E-state index contributed by atoms with van der Waals surface area (Å²) in [5.41, 5.74) is -0.214. The molecule has 21 heavy (non-hydrogen) atoms. The van der Waals surface area contributed by atoms with Gasteiger partial charge in [-0.1, -0.05) is 6.92 Å². The smallest absolute Gasteiger partial charge is 0.239 e. The van der Waals surface area contributed by atoms with Gasteiger partial charge in [0.05, 0.1) is 6.54 Å². The Balaban J connectivity index is 4.00. The summed E-state index contributed by atoms with van der Waals surface area (Å²) in [5.74, 6) is 0.610. The van der Waals surface area contributed by atoms with Crippen molar-refractivity contribution in [3.05, 3.63) is 0 Å². The van der Waals surface area contributed by atoms with Crippen LogP contribution < -0.4 is 16.0 Å². The molecule has 0 fully saturated rings. The van der Waals surface area contributed by atoms with E-state index in [-0.39, 0.29) is 18.0 Å². The van der Waals surface area contributed by atoms with Crippen molar-refractivity contribution in [2.24, 2.45) is 4.99 Å². The minimum Gasteiger partial charge on any atom is -0.355 e. The van der Waals surface area contributed by atoms with E-state index >= 15 is 0 Å². The molecule has 0 aromatic rings. The first kappa shape index (κ1) is 19.7. The molecule has 6 heteroatoms. The van der Waals surface area contributed by atoms with E-state index in [1.54, 1.807) is 7.05 Å². The van der Waals surface area contributed by atoms with E-state index < -0.39 is 0 Å². The molecule has 0 radical (unpaired) electrons. The highest BCUT2D eigenvalue weighted by atomic mass is 16.2. The molecule has 124 valence electrons. The molecule has 0 saturated heterocycles. The van der Waals surface area contributed by atoms with Crippen molar-refractivity contribution in [3.8, 4) is 0 Å². The van der Waals surface area contributed by atoms with Gasteiger partial charge in [-0.2, -0.15) is 0 Å². The summed E-state index contributed by atoms with van der Waals surface area (Å²) >= 11 is 0. The highest BCUT2D eigenvalue weighted by Crippen LogP contribution is 1.98. The number of guanidine groups is 1. The van der Waals surface area contributed by atoms with E-state index in [2.05, 4.69) is 46.7 Å². The lowest BCUT2D eigenvalue weighted by atomic mass is 10.1. The number of nitrogens with one attached hydrogen (secondary N) is 3. The average Bonchev–Trinajstić information content (AvgIpc) is 2.39. The molecule has 0 aliphatic carbocycles. The van der Waals surface area contributed by atoms with E-state index in [1.165, 1.54) is 0 Å². The van der Waals surface area contributed by atoms with Crippen LogP contribution in [0, 0.1) is 0 Å². The monoisotopic (exact) mass is 299 g/mol. The Hall–Kier alpha value is -1.30. The zero-order chi connectivity index (χ0) is 16.5. The van der Waals surface area contributed by atoms with E-state index in [9.17, 15) is 4.79 Å². The standard InChI is InChI=1S/C15H33N5O/c1-8-12(2)20(7)10-9-17-14(16-6)18-11-13(21)19-15(3,4)5/h12H,8-11H2,1-7H3,(H,19,21)(H2,16,17,18). The lowest BCUT2D eigenvalue weighted by molar-refractivity contribution is -0.121. The predicted octanol–water partition coefficient (Wildman–Crippen LogP) is 0.796. The first-order chi connectivity index (χ1) is 9.69. The molecule has 6 nitrogen and oxygen atoms in total. The quantitative estimate of drug-likeness (QED) is 0.480. The van der Waals surface area contributed by atoms with Gasteiger partial charge in [0.15, 0.2) is 5.96 Å². The molecule has 0 aliphatic rings. The maximum atomic E-state index is 11.7. The van der Waals surface area contributed by atoms with Crippen molar-refractivity contribution < 1.29 is 4.79 Å². The highest BCUT2D eigenvalue weighted by Gasteiger charge is 2.13. The van der Waals surface area contributed by atoms with Gasteiger partial charge in [0.1, 0.15) is 0 Å². The fourth-order valence-corrected chi connectivity index (χ4v) is 1.73. The SMILES string of the molecule is CCC(C)N(C)CCNC(=NC)NCC(=O)NC(C)(C)C. The molecule has 0 spiro atoms. The Labute approximate surface area is 129 Å². The van der Waals surface area contributed by atoms with E-state index in [4.69, 9.17) is 0 Å². The second kappa shape index (κ2) is 9.60. The van der Waals surface area contributed by atoms with Crippen LogP contribution in [0.4, 0.5) is 0 Å². The average molecular weight is 299 g/mol. The third kappa shape index (κ3) is 10.1. The number of hydrogen-bond donors (Lipinski definition) is 3.